The molecule has 16 heavy (non-hydrogen) atoms. The summed E-state index contributed by atoms with van der Waals surface area (Å²) >= 11 is 0. The van der Waals surface area contributed by atoms with Crippen LogP contribution in [0.1, 0.15) is 38.8 Å². The Hall–Kier alpha value is -1.37. The molecule has 0 aliphatic carbocycles. The van der Waals surface area contributed by atoms with Crippen molar-refractivity contribution in [3.05, 3.63) is 41.6 Å². The molecule has 0 fully saturated rings. The summed E-state index contributed by atoms with van der Waals surface area (Å²) in [5, 5.41) is 1.24. The number of pyridine rings is 1. The minimum absolute atomic E-state index is 0.194. The smallest absolute Gasteiger partial charge is 0.0705 e. The summed E-state index contributed by atoms with van der Waals surface area (Å²) < 4.78 is 0. The van der Waals surface area contributed by atoms with Crippen molar-refractivity contribution < 1.29 is 0 Å². The molecule has 1 nitrogen and oxygen atoms in total. The SMILES string of the molecule is CCc1cnc2cc(C(C)(C)C)ccc2c1. The normalized spacial score (nSPS) is 12.0. The average Bonchev–Trinajstić information content (AvgIpc) is 2.26. The largest absolute Gasteiger partial charge is 0.256 e. The molecule has 0 saturated heterocycles. The molecule has 2 aromatic rings. The van der Waals surface area contributed by atoms with E-state index < -0.39 is 0 Å². The first kappa shape index (κ1) is 11.1. The first-order valence-electron chi connectivity index (χ1n) is 5.90. The number of benzene rings is 1. The van der Waals surface area contributed by atoms with Gasteiger partial charge in [0.1, 0.15) is 0 Å². The Morgan fingerprint density at radius 2 is 1.88 bits per heavy atom. The van der Waals surface area contributed by atoms with Crippen molar-refractivity contribution in [3.63, 3.8) is 0 Å². The Morgan fingerprint density at radius 3 is 2.50 bits per heavy atom. The van der Waals surface area contributed by atoms with E-state index in [1.54, 1.807) is 0 Å². The second-order valence-electron chi connectivity index (χ2n) is 5.35. The first-order chi connectivity index (χ1) is 7.50. The summed E-state index contributed by atoms with van der Waals surface area (Å²) in [6.45, 7) is 8.85. The molecule has 1 aromatic carbocycles. The number of aromatic nitrogens is 1. The van der Waals surface area contributed by atoms with Crippen molar-refractivity contribution >= 4 is 10.9 Å². The molecular weight excluding hydrogens is 194 g/mol. The summed E-state index contributed by atoms with van der Waals surface area (Å²) in [7, 11) is 0. The van der Waals surface area contributed by atoms with Gasteiger partial charge in [-0.1, -0.05) is 39.8 Å². The minimum Gasteiger partial charge on any atom is -0.256 e. The van der Waals surface area contributed by atoms with E-state index >= 15 is 0 Å². The van der Waals surface area contributed by atoms with Crippen LogP contribution in [-0.2, 0) is 11.8 Å². The fraction of sp³-hybridized carbons (Fsp3) is 0.400. The lowest BCUT2D eigenvalue weighted by molar-refractivity contribution is 0.591. The van der Waals surface area contributed by atoms with Crippen LogP contribution >= 0.6 is 0 Å². The van der Waals surface area contributed by atoms with Gasteiger partial charge in [0.2, 0.25) is 0 Å². The summed E-state index contributed by atoms with van der Waals surface area (Å²) in [6, 6.07) is 8.83. The van der Waals surface area contributed by atoms with Gasteiger partial charge >= 0.3 is 0 Å². The lowest BCUT2D eigenvalue weighted by atomic mass is 9.86. The maximum Gasteiger partial charge on any atom is 0.0705 e. The van der Waals surface area contributed by atoms with Crippen LogP contribution in [0.15, 0.2) is 30.5 Å². The Kier molecular flexibility index (Phi) is 2.71. The van der Waals surface area contributed by atoms with Gasteiger partial charge in [0, 0.05) is 11.6 Å². The van der Waals surface area contributed by atoms with E-state index in [2.05, 4.69) is 56.9 Å². The average molecular weight is 213 g/mol. The molecule has 0 N–H and O–H groups in total. The maximum absolute atomic E-state index is 4.53. The Bertz CT molecular complexity index is 506. The van der Waals surface area contributed by atoms with Crippen molar-refractivity contribution in [3.8, 4) is 0 Å². The number of aryl methyl sites for hydroxylation is 1. The minimum atomic E-state index is 0.194. The van der Waals surface area contributed by atoms with Crippen molar-refractivity contribution in [1.82, 2.24) is 4.98 Å². The summed E-state index contributed by atoms with van der Waals surface area (Å²) in [5.41, 5.74) is 3.94. The van der Waals surface area contributed by atoms with Crippen LogP contribution in [-0.4, -0.2) is 4.98 Å². The second-order valence-corrected chi connectivity index (χ2v) is 5.35. The van der Waals surface area contributed by atoms with E-state index in [1.807, 2.05) is 6.20 Å². The van der Waals surface area contributed by atoms with Gasteiger partial charge in [0.05, 0.1) is 5.52 Å². The Balaban J connectivity index is 2.56. The summed E-state index contributed by atoms with van der Waals surface area (Å²) in [5.74, 6) is 0. The zero-order valence-corrected chi connectivity index (χ0v) is 10.5. The van der Waals surface area contributed by atoms with E-state index in [1.165, 1.54) is 16.5 Å². The highest BCUT2D eigenvalue weighted by atomic mass is 14.6. The molecule has 0 aliphatic heterocycles. The van der Waals surface area contributed by atoms with Gasteiger partial charge in [-0.15, -0.1) is 0 Å². The van der Waals surface area contributed by atoms with Crippen molar-refractivity contribution in [2.24, 2.45) is 0 Å². The summed E-state index contributed by atoms with van der Waals surface area (Å²) in [4.78, 5) is 4.53. The van der Waals surface area contributed by atoms with Crippen LogP contribution in [0.25, 0.3) is 10.9 Å². The molecule has 0 unspecified atom stereocenters. The zero-order chi connectivity index (χ0) is 11.8. The standard InChI is InChI=1S/C15H19N/c1-5-11-8-12-6-7-13(15(2,3)4)9-14(12)16-10-11/h6-10H,5H2,1-4H3. The van der Waals surface area contributed by atoms with Gasteiger partial charge < -0.3 is 0 Å². The molecule has 0 amide bonds. The van der Waals surface area contributed by atoms with Gasteiger partial charge in [0.25, 0.3) is 0 Å². The molecule has 0 aliphatic rings. The van der Waals surface area contributed by atoms with Crippen LogP contribution in [0.5, 0.6) is 0 Å². The predicted molar refractivity (Wildman–Crippen MR) is 69.8 cm³/mol. The third kappa shape index (κ3) is 2.08. The highest BCUT2D eigenvalue weighted by Crippen LogP contribution is 2.25. The summed E-state index contributed by atoms with van der Waals surface area (Å²) in [6.07, 6.45) is 3.03. The van der Waals surface area contributed by atoms with Gasteiger partial charge in [0.15, 0.2) is 0 Å². The highest BCUT2D eigenvalue weighted by Gasteiger charge is 2.13. The Morgan fingerprint density at radius 1 is 1.12 bits per heavy atom. The lowest BCUT2D eigenvalue weighted by Crippen LogP contribution is -2.10. The van der Waals surface area contributed by atoms with Crippen molar-refractivity contribution in [1.29, 1.82) is 0 Å². The van der Waals surface area contributed by atoms with E-state index in [0.717, 1.165) is 11.9 Å². The molecule has 0 radical (unpaired) electrons. The Labute approximate surface area is 97.5 Å². The fourth-order valence-electron chi connectivity index (χ4n) is 1.83. The zero-order valence-electron chi connectivity index (χ0n) is 10.5. The molecule has 0 bridgehead atoms. The molecule has 0 atom stereocenters. The number of fused-ring (bicyclic) bond motifs is 1. The van der Waals surface area contributed by atoms with Gasteiger partial charge in [-0.2, -0.15) is 0 Å². The monoisotopic (exact) mass is 213 g/mol. The van der Waals surface area contributed by atoms with Crippen LogP contribution in [0, 0.1) is 0 Å². The lowest BCUT2D eigenvalue weighted by Gasteiger charge is -2.19. The van der Waals surface area contributed by atoms with Crippen LogP contribution in [0.2, 0.25) is 0 Å². The third-order valence-electron chi connectivity index (χ3n) is 3.02. The van der Waals surface area contributed by atoms with Crippen molar-refractivity contribution in [2.75, 3.05) is 0 Å². The molecule has 2 rings (SSSR count). The molecule has 84 valence electrons. The second kappa shape index (κ2) is 3.89. The number of hydrogen-bond donors (Lipinski definition) is 0. The van der Waals surface area contributed by atoms with Gasteiger partial charge in [-0.3, -0.25) is 4.98 Å². The van der Waals surface area contributed by atoms with E-state index in [9.17, 15) is 0 Å². The van der Waals surface area contributed by atoms with E-state index in [0.29, 0.717) is 0 Å². The molecular formula is C15H19N. The molecule has 1 aromatic heterocycles. The van der Waals surface area contributed by atoms with Crippen LogP contribution in [0.4, 0.5) is 0 Å². The number of nitrogens with zero attached hydrogens (tertiary/aromatic N) is 1. The maximum atomic E-state index is 4.53. The van der Waals surface area contributed by atoms with E-state index in [-0.39, 0.29) is 5.41 Å². The van der Waals surface area contributed by atoms with Gasteiger partial charge in [-0.25, -0.2) is 0 Å². The molecule has 1 heteroatoms. The van der Waals surface area contributed by atoms with Gasteiger partial charge in [-0.05, 0) is 35.1 Å². The fourth-order valence-corrected chi connectivity index (χ4v) is 1.83. The van der Waals surface area contributed by atoms with Crippen LogP contribution < -0.4 is 0 Å². The quantitative estimate of drug-likeness (QED) is 0.695. The highest BCUT2D eigenvalue weighted by molar-refractivity contribution is 5.79. The topological polar surface area (TPSA) is 12.9 Å². The molecule has 1 heterocycles. The number of rotatable bonds is 1. The van der Waals surface area contributed by atoms with E-state index in [4.69, 9.17) is 0 Å². The third-order valence-corrected chi connectivity index (χ3v) is 3.02. The first-order valence-corrected chi connectivity index (χ1v) is 5.90. The van der Waals surface area contributed by atoms with Crippen LogP contribution in [0.3, 0.4) is 0 Å². The number of hydrogen-bond acceptors (Lipinski definition) is 1. The predicted octanol–water partition coefficient (Wildman–Crippen LogP) is 4.09. The molecule has 0 saturated carbocycles. The molecule has 0 spiro atoms. The van der Waals surface area contributed by atoms with Crippen molar-refractivity contribution in [2.45, 2.75) is 39.5 Å².